The molecule has 0 aromatic heterocycles. The maximum absolute atomic E-state index is 4.34. The summed E-state index contributed by atoms with van der Waals surface area (Å²) in [5.74, 6) is 1.15. The van der Waals surface area contributed by atoms with Crippen molar-refractivity contribution in [3.8, 4) is 0 Å². The van der Waals surface area contributed by atoms with E-state index in [-0.39, 0.29) is 35.1 Å². The molecule has 0 aliphatic rings. The highest BCUT2D eigenvalue weighted by Crippen LogP contribution is 2.40. The predicted molar refractivity (Wildman–Crippen MR) is 208 cm³/mol. The number of hydrogen-bond donors (Lipinski definition) is 0. The second kappa shape index (κ2) is 19.1. The number of allylic oxidation sites excluding steroid dienone is 1. The first kappa shape index (κ1) is 43.6. The van der Waals surface area contributed by atoms with Crippen LogP contribution in [0.1, 0.15) is 134 Å². The van der Waals surface area contributed by atoms with Crippen LogP contribution in [0.4, 0.5) is 0 Å². The monoisotopic (exact) mass is 599 g/mol. The molecule has 0 fully saturated rings. The van der Waals surface area contributed by atoms with Gasteiger partial charge in [-0.3, -0.25) is 0 Å². The van der Waals surface area contributed by atoms with E-state index in [1.807, 2.05) is 0 Å². The second-order valence-corrected chi connectivity index (χ2v) is 13.7. The van der Waals surface area contributed by atoms with E-state index in [9.17, 15) is 0 Å². The quantitative estimate of drug-likeness (QED) is 0.136. The van der Waals surface area contributed by atoms with Crippen molar-refractivity contribution in [1.29, 1.82) is 0 Å². The van der Waals surface area contributed by atoms with E-state index in [2.05, 4.69) is 130 Å². The molecule has 0 heterocycles. The highest BCUT2D eigenvalue weighted by atomic mass is 14.3. The zero-order chi connectivity index (χ0) is 29.6. The van der Waals surface area contributed by atoms with Crippen LogP contribution in [0.25, 0.3) is 0 Å². The van der Waals surface area contributed by atoms with E-state index in [1.54, 1.807) is 10.9 Å². The van der Waals surface area contributed by atoms with Crippen molar-refractivity contribution in [1.82, 2.24) is 0 Å². The Bertz CT molecular complexity index is 1180. The lowest BCUT2D eigenvalue weighted by atomic mass is 9.34. The van der Waals surface area contributed by atoms with E-state index >= 15 is 0 Å². The van der Waals surface area contributed by atoms with E-state index in [0.29, 0.717) is 18.5 Å². The molecular formula is C43H71B. The molecule has 0 N–H and O–H groups in total. The molecule has 0 nitrogen and oxygen atoms in total. The van der Waals surface area contributed by atoms with Crippen LogP contribution >= 0.6 is 0 Å². The van der Waals surface area contributed by atoms with Crippen molar-refractivity contribution in [3.05, 3.63) is 106 Å². The van der Waals surface area contributed by atoms with Crippen LogP contribution in [0.3, 0.4) is 0 Å². The first-order valence-electron chi connectivity index (χ1n) is 15.7. The van der Waals surface area contributed by atoms with Gasteiger partial charge in [0.2, 0.25) is 6.71 Å². The van der Waals surface area contributed by atoms with Crippen molar-refractivity contribution in [2.45, 2.75) is 143 Å². The maximum atomic E-state index is 4.34. The topological polar surface area (TPSA) is 0 Å². The zero-order valence-electron chi connectivity index (χ0n) is 27.4. The molecule has 3 rings (SSSR count). The van der Waals surface area contributed by atoms with Gasteiger partial charge in [0.05, 0.1) is 0 Å². The molecule has 1 heteroatoms. The normalized spacial score (nSPS) is 13.1. The standard InChI is InChI=1S/C39H55B.4CH4/c1-27(2)35(10)26-39(11,19-15-16-30(5)36-17-13-12-14-18-36)20-21-40(37-31(6)22-28(3)23-32(37)7)38-33(8)24-29(4)25-34(38)9;;;;/h12-14,17-18,22-25,30,35H,1,15-16,19-21,26H2,2-11H3;4*1H4. The SMILES string of the molecule is C.C.C.C.C=C(C)C(C)CC(C)(CCCC(C)c1ccccc1)CCB(c1c(C)cc(C)cc1C)c1c(C)cc(C)cc1C. The molecule has 246 valence electrons. The fourth-order valence-corrected chi connectivity index (χ4v) is 7.43. The average Bonchev–Trinajstić information content (AvgIpc) is 2.86. The minimum Gasteiger partial charge on any atom is -0.0999 e. The summed E-state index contributed by atoms with van der Waals surface area (Å²) in [6.07, 6.45) is 7.42. The number of aryl methyl sites for hydroxylation is 6. The number of rotatable bonds is 13. The van der Waals surface area contributed by atoms with E-state index in [1.165, 1.54) is 82.9 Å². The van der Waals surface area contributed by atoms with Crippen molar-refractivity contribution in [2.24, 2.45) is 11.3 Å². The molecule has 0 radical (unpaired) electrons. The van der Waals surface area contributed by atoms with Gasteiger partial charge < -0.3 is 0 Å². The van der Waals surface area contributed by atoms with Crippen LogP contribution in [-0.2, 0) is 0 Å². The number of hydrogen-bond acceptors (Lipinski definition) is 0. The zero-order valence-corrected chi connectivity index (χ0v) is 27.4. The summed E-state index contributed by atoms with van der Waals surface area (Å²) in [6, 6.07) is 20.6. The molecule has 0 aliphatic heterocycles. The van der Waals surface area contributed by atoms with Crippen molar-refractivity contribution in [3.63, 3.8) is 0 Å². The third-order valence-electron chi connectivity index (χ3n) is 9.64. The molecule has 0 saturated carbocycles. The molecule has 0 amide bonds. The summed E-state index contributed by atoms with van der Waals surface area (Å²) < 4.78 is 0. The van der Waals surface area contributed by atoms with Gasteiger partial charge in [0.15, 0.2) is 0 Å². The van der Waals surface area contributed by atoms with Crippen molar-refractivity contribution in [2.75, 3.05) is 0 Å². The van der Waals surface area contributed by atoms with Gasteiger partial charge in [-0.1, -0.05) is 181 Å². The Labute approximate surface area is 277 Å². The summed E-state index contributed by atoms with van der Waals surface area (Å²) in [7, 11) is 0. The summed E-state index contributed by atoms with van der Waals surface area (Å²) in [5, 5.41) is 0. The lowest BCUT2D eigenvalue weighted by Crippen LogP contribution is -2.48. The summed E-state index contributed by atoms with van der Waals surface area (Å²) >= 11 is 0. The molecule has 3 unspecified atom stereocenters. The van der Waals surface area contributed by atoms with Crippen LogP contribution in [0.2, 0.25) is 6.32 Å². The highest BCUT2D eigenvalue weighted by Gasteiger charge is 2.32. The maximum Gasteiger partial charge on any atom is 0.210 e. The molecule has 3 aromatic carbocycles. The summed E-state index contributed by atoms with van der Waals surface area (Å²) in [5.41, 5.74) is 14.7. The molecule has 0 bridgehead atoms. The van der Waals surface area contributed by atoms with Crippen LogP contribution in [-0.4, -0.2) is 6.71 Å². The van der Waals surface area contributed by atoms with Crippen LogP contribution in [0.15, 0.2) is 66.7 Å². The summed E-state index contributed by atoms with van der Waals surface area (Å²) in [6.45, 7) is 28.1. The Kier molecular flexibility index (Phi) is 18.9. The highest BCUT2D eigenvalue weighted by molar-refractivity contribution is 6.86. The molecular weight excluding hydrogens is 527 g/mol. The van der Waals surface area contributed by atoms with Crippen LogP contribution in [0, 0.1) is 52.9 Å². The van der Waals surface area contributed by atoms with Crippen molar-refractivity contribution >= 4 is 17.6 Å². The van der Waals surface area contributed by atoms with Gasteiger partial charge in [0.1, 0.15) is 0 Å². The minimum atomic E-state index is 0. The smallest absolute Gasteiger partial charge is 0.0999 e. The van der Waals surface area contributed by atoms with Crippen LogP contribution in [0.5, 0.6) is 0 Å². The average molecular weight is 599 g/mol. The predicted octanol–water partition coefficient (Wildman–Crippen LogP) is 12.7. The van der Waals surface area contributed by atoms with Gasteiger partial charge in [-0.15, -0.1) is 0 Å². The van der Waals surface area contributed by atoms with Crippen molar-refractivity contribution < 1.29 is 0 Å². The fraction of sp³-hybridized carbons (Fsp3) is 0.535. The summed E-state index contributed by atoms with van der Waals surface area (Å²) in [4.78, 5) is 0. The van der Waals surface area contributed by atoms with Gasteiger partial charge in [-0.25, -0.2) is 0 Å². The van der Waals surface area contributed by atoms with E-state index in [0.717, 1.165) is 0 Å². The van der Waals surface area contributed by atoms with Gasteiger partial charge in [0.25, 0.3) is 0 Å². The van der Waals surface area contributed by atoms with Gasteiger partial charge >= 0.3 is 0 Å². The molecule has 3 aromatic rings. The second-order valence-electron chi connectivity index (χ2n) is 13.7. The minimum absolute atomic E-state index is 0. The molecule has 0 saturated heterocycles. The van der Waals surface area contributed by atoms with Crippen LogP contribution < -0.4 is 10.9 Å². The Hall–Kier alpha value is -2.54. The van der Waals surface area contributed by atoms with E-state index < -0.39 is 0 Å². The Morgan fingerprint density at radius 1 is 0.727 bits per heavy atom. The molecule has 3 atom stereocenters. The Morgan fingerprint density at radius 3 is 1.57 bits per heavy atom. The lowest BCUT2D eigenvalue weighted by Gasteiger charge is -2.35. The fourth-order valence-electron chi connectivity index (χ4n) is 7.43. The molecule has 0 aliphatic carbocycles. The lowest BCUT2D eigenvalue weighted by molar-refractivity contribution is 0.222. The van der Waals surface area contributed by atoms with E-state index in [4.69, 9.17) is 0 Å². The van der Waals surface area contributed by atoms with Gasteiger partial charge in [-0.2, -0.15) is 0 Å². The first-order chi connectivity index (χ1) is 18.8. The Morgan fingerprint density at radius 2 is 1.16 bits per heavy atom. The third-order valence-corrected chi connectivity index (χ3v) is 9.64. The third kappa shape index (κ3) is 11.4. The number of benzene rings is 3. The molecule has 0 spiro atoms. The van der Waals surface area contributed by atoms with Gasteiger partial charge in [-0.05, 0) is 90.5 Å². The largest absolute Gasteiger partial charge is 0.210 e. The van der Waals surface area contributed by atoms with Gasteiger partial charge in [0, 0.05) is 0 Å². The Balaban J connectivity index is 0. The molecule has 44 heavy (non-hydrogen) atoms. The first-order valence-corrected chi connectivity index (χ1v) is 15.7.